The summed E-state index contributed by atoms with van der Waals surface area (Å²) in [6.45, 7) is 5.29. The molecule has 1 aromatic carbocycles. The van der Waals surface area contributed by atoms with E-state index in [-0.39, 0.29) is 11.4 Å². The van der Waals surface area contributed by atoms with E-state index in [1.807, 2.05) is 32.0 Å². The Hall–Kier alpha value is -1.06. The minimum absolute atomic E-state index is 0.0382. The Balaban J connectivity index is 2.17. The van der Waals surface area contributed by atoms with Crippen molar-refractivity contribution in [2.24, 2.45) is 0 Å². The first-order valence-corrected chi connectivity index (χ1v) is 7.14. The van der Waals surface area contributed by atoms with E-state index in [9.17, 15) is 4.79 Å². The minimum Gasteiger partial charge on any atom is -0.381 e. The van der Waals surface area contributed by atoms with Crippen molar-refractivity contribution in [3.8, 4) is 0 Å². The van der Waals surface area contributed by atoms with Gasteiger partial charge in [0.1, 0.15) is 0 Å². The number of ether oxygens (including phenoxy) is 1. The van der Waals surface area contributed by atoms with Gasteiger partial charge in [-0.3, -0.25) is 4.79 Å². The zero-order valence-corrected chi connectivity index (χ0v) is 12.2. The Morgan fingerprint density at radius 1 is 1.37 bits per heavy atom. The molecule has 0 bridgehead atoms. The number of amides is 1. The maximum Gasteiger partial charge on any atom is 0.252 e. The predicted octanol–water partition coefficient (Wildman–Crippen LogP) is 2.82. The summed E-state index contributed by atoms with van der Waals surface area (Å²) in [5.41, 5.74) is 2.56. The van der Waals surface area contributed by atoms with Crippen molar-refractivity contribution < 1.29 is 9.53 Å². The normalized spacial score (nSPS) is 18.1. The molecule has 1 aromatic rings. The average molecular weight is 282 g/mol. The average Bonchev–Trinajstić information content (AvgIpc) is 2.42. The molecular weight excluding hydrogens is 262 g/mol. The number of halogens is 1. The van der Waals surface area contributed by atoms with Gasteiger partial charge < -0.3 is 10.1 Å². The molecule has 0 aliphatic carbocycles. The van der Waals surface area contributed by atoms with Gasteiger partial charge in [0, 0.05) is 24.7 Å². The first-order chi connectivity index (χ1) is 9.08. The zero-order valence-electron chi connectivity index (χ0n) is 11.5. The largest absolute Gasteiger partial charge is 0.381 e. The molecular formula is C15H20ClNO2. The number of benzene rings is 1. The standard InChI is InChI=1S/C15H20ClNO2/c1-11-4-3-5-13(12(11)2)14(18)17-15(10-16)6-8-19-9-7-15/h3-5H,6-10H2,1-2H3,(H,17,18). The molecule has 0 spiro atoms. The van der Waals surface area contributed by atoms with E-state index in [1.54, 1.807) is 0 Å². The summed E-state index contributed by atoms with van der Waals surface area (Å²) in [5.74, 6) is 0.385. The summed E-state index contributed by atoms with van der Waals surface area (Å²) < 4.78 is 5.35. The molecule has 0 atom stereocenters. The molecule has 4 heteroatoms. The second-order valence-electron chi connectivity index (χ2n) is 5.23. The van der Waals surface area contributed by atoms with Crippen molar-refractivity contribution in [1.29, 1.82) is 0 Å². The molecule has 104 valence electrons. The van der Waals surface area contributed by atoms with E-state index in [4.69, 9.17) is 16.3 Å². The number of carbonyl (C=O) groups excluding carboxylic acids is 1. The van der Waals surface area contributed by atoms with Crippen LogP contribution in [0.1, 0.15) is 34.3 Å². The molecule has 1 aliphatic rings. The molecule has 0 saturated carbocycles. The van der Waals surface area contributed by atoms with Crippen molar-refractivity contribution in [3.63, 3.8) is 0 Å². The van der Waals surface area contributed by atoms with Crippen LogP contribution in [-0.4, -0.2) is 30.5 Å². The molecule has 1 aliphatic heterocycles. The van der Waals surface area contributed by atoms with E-state index in [2.05, 4.69) is 5.32 Å². The molecule has 1 saturated heterocycles. The summed E-state index contributed by atoms with van der Waals surface area (Å²) >= 11 is 6.07. The van der Waals surface area contributed by atoms with Crippen molar-refractivity contribution in [2.75, 3.05) is 19.1 Å². The van der Waals surface area contributed by atoms with E-state index in [0.717, 1.165) is 29.5 Å². The number of rotatable bonds is 3. The zero-order chi connectivity index (χ0) is 13.9. The highest BCUT2D eigenvalue weighted by atomic mass is 35.5. The van der Waals surface area contributed by atoms with Crippen LogP contribution in [0.2, 0.25) is 0 Å². The van der Waals surface area contributed by atoms with Crippen molar-refractivity contribution >= 4 is 17.5 Å². The Morgan fingerprint density at radius 2 is 2.05 bits per heavy atom. The third-order valence-corrected chi connectivity index (χ3v) is 4.45. The Kier molecular flexibility index (Phi) is 4.48. The quantitative estimate of drug-likeness (QED) is 0.865. The Bertz CT molecular complexity index is 467. The van der Waals surface area contributed by atoms with Gasteiger partial charge in [-0.05, 0) is 43.9 Å². The van der Waals surface area contributed by atoms with Crippen LogP contribution in [0.4, 0.5) is 0 Å². The van der Waals surface area contributed by atoms with Crippen molar-refractivity contribution in [1.82, 2.24) is 5.32 Å². The molecule has 0 radical (unpaired) electrons. The number of carbonyl (C=O) groups is 1. The lowest BCUT2D eigenvalue weighted by Gasteiger charge is -2.36. The summed E-state index contributed by atoms with van der Waals surface area (Å²) in [4.78, 5) is 12.4. The molecule has 3 nitrogen and oxygen atoms in total. The summed E-state index contributed by atoms with van der Waals surface area (Å²) in [6.07, 6.45) is 1.54. The molecule has 0 aromatic heterocycles. The summed E-state index contributed by atoms with van der Waals surface area (Å²) in [7, 11) is 0. The first kappa shape index (κ1) is 14.4. The van der Waals surface area contributed by atoms with Crippen molar-refractivity contribution in [3.05, 3.63) is 34.9 Å². The van der Waals surface area contributed by atoms with E-state index in [1.165, 1.54) is 0 Å². The number of hydrogen-bond donors (Lipinski definition) is 1. The molecule has 1 fully saturated rings. The van der Waals surface area contributed by atoms with Crippen LogP contribution in [0.25, 0.3) is 0 Å². The second-order valence-corrected chi connectivity index (χ2v) is 5.50. The maximum atomic E-state index is 12.4. The summed E-state index contributed by atoms with van der Waals surface area (Å²) in [6, 6.07) is 5.78. The minimum atomic E-state index is -0.326. The summed E-state index contributed by atoms with van der Waals surface area (Å²) in [5, 5.41) is 3.12. The molecule has 1 N–H and O–H groups in total. The number of alkyl halides is 1. The van der Waals surface area contributed by atoms with Gasteiger partial charge in [0.15, 0.2) is 0 Å². The van der Waals surface area contributed by atoms with Gasteiger partial charge in [-0.25, -0.2) is 0 Å². The fourth-order valence-electron chi connectivity index (χ4n) is 2.36. The van der Waals surface area contributed by atoms with Crippen LogP contribution in [0, 0.1) is 13.8 Å². The van der Waals surface area contributed by atoms with Gasteiger partial charge in [-0.1, -0.05) is 12.1 Å². The molecule has 2 rings (SSSR count). The Morgan fingerprint density at radius 3 is 2.68 bits per heavy atom. The topological polar surface area (TPSA) is 38.3 Å². The predicted molar refractivity (Wildman–Crippen MR) is 76.9 cm³/mol. The third kappa shape index (κ3) is 3.10. The van der Waals surface area contributed by atoms with Crippen LogP contribution >= 0.6 is 11.6 Å². The highest BCUT2D eigenvalue weighted by molar-refractivity contribution is 6.19. The number of nitrogens with one attached hydrogen (secondary N) is 1. The lowest BCUT2D eigenvalue weighted by Crippen LogP contribution is -2.53. The monoisotopic (exact) mass is 281 g/mol. The van der Waals surface area contributed by atoms with E-state index >= 15 is 0 Å². The van der Waals surface area contributed by atoms with Gasteiger partial charge in [0.05, 0.1) is 5.54 Å². The van der Waals surface area contributed by atoms with E-state index in [0.29, 0.717) is 19.1 Å². The maximum absolute atomic E-state index is 12.4. The van der Waals surface area contributed by atoms with Crippen LogP contribution in [0.5, 0.6) is 0 Å². The highest BCUT2D eigenvalue weighted by Crippen LogP contribution is 2.23. The van der Waals surface area contributed by atoms with Gasteiger partial charge in [0.25, 0.3) is 5.91 Å². The third-order valence-electron chi connectivity index (χ3n) is 3.93. The van der Waals surface area contributed by atoms with Crippen molar-refractivity contribution in [2.45, 2.75) is 32.2 Å². The van der Waals surface area contributed by atoms with Crippen LogP contribution in [0.15, 0.2) is 18.2 Å². The van der Waals surface area contributed by atoms with Gasteiger partial charge >= 0.3 is 0 Å². The molecule has 0 unspecified atom stereocenters. The fourth-order valence-corrected chi connectivity index (χ4v) is 2.69. The van der Waals surface area contributed by atoms with Gasteiger partial charge in [0.2, 0.25) is 0 Å². The van der Waals surface area contributed by atoms with E-state index < -0.39 is 0 Å². The van der Waals surface area contributed by atoms with Gasteiger partial charge in [-0.2, -0.15) is 0 Å². The first-order valence-electron chi connectivity index (χ1n) is 6.60. The lowest BCUT2D eigenvalue weighted by molar-refractivity contribution is 0.0433. The van der Waals surface area contributed by atoms with Crippen LogP contribution in [-0.2, 0) is 4.74 Å². The van der Waals surface area contributed by atoms with Crippen LogP contribution < -0.4 is 5.32 Å². The van der Waals surface area contributed by atoms with Crippen LogP contribution in [0.3, 0.4) is 0 Å². The number of hydrogen-bond acceptors (Lipinski definition) is 2. The number of aryl methyl sites for hydroxylation is 1. The molecule has 1 heterocycles. The molecule has 19 heavy (non-hydrogen) atoms. The highest BCUT2D eigenvalue weighted by Gasteiger charge is 2.33. The lowest BCUT2D eigenvalue weighted by atomic mass is 9.91. The van der Waals surface area contributed by atoms with Gasteiger partial charge in [-0.15, -0.1) is 11.6 Å². The molecule has 1 amide bonds. The smallest absolute Gasteiger partial charge is 0.252 e. The second kappa shape index (κ2) is 5.93. The SMILES string of the molecule is Cc1cccc(C(=O)NC2(CCl)CCOCC2)c1C. The Labute approximate surface area is 119 Å². The fraction of sp³-hybridized carbons (Fsp3) is 0.533.